The molecule has 1 aromatic rings. The first-order chi connectivity index (χ1) is 6.20. The maximum atomic E-state index is 10.5. The molecule has 0 unspecified atom stereocenters. The van der Waals surface area contributed by atoms with Gasteiger partial charge in [0.2, 0.25) is 5.91 Å². The zero-order valence-electron chi connectivity index (χ0n) is 7.48. The molecule has 68 valence electrons. The van der Waals surface area contributed by atoms with E-state index < -0.39 is 0 Å². The molecule has 1 aromatic heterocycles. The summed E-state index contributed by atoms with van der Waals surface area (Å²) in [6.45, 7) is 3.17. The monoisotopic (exact) mass is 178 g/mol. The van der Waals surface area contributed by atoms with Crippen molar-refractivity contribution in [3.05, 3.63) is 24.3 Å². The number of amides is 1. The lowest BCUT2D eigenvalue weighted by Gasteiger charge is -1.98. The van der Waals surface area contributed by atoms with Crippen LogP contribution in [0.4, 0.5) is 0 Å². The molecule has 0 atom stereocenters. The summed E-state index contributed by atoms with van der Waals surface area (Å²) in [6.07, 6.45) is 4.70. The number of hydrogen-bond donors (Lipinski definition) is 1. The van der Waals surface area contributed by atoms with Gasteiger partial charge in [0.25, 0.3) is 0 Å². The first-order valence-electron chi connectivity index (χ1n) is 3.76. The second-order valence-corrected chi connectivity index (χ2v) is 2.49. The van der Waals surface area contributed by atoms with E-state index in [1.54, 1.807) is 19.3 Å². The number of hydrogen-bond acceptors (Lipinski definition) is 4. The van der Waals surface area contributed by atoms with Gasteiger partial charge in [-0.15, -0.1) is 0 Å². The van der Waals surface area contributed by atoms with E-state index in [4.69, 9.17) is 0 Å². The number of nitrogens with zero attached hydrogens (tertiary/aromatic N) is 3. The molecule has 0 aliphatic rings. The molecule has 1 amide bonds. The van der Waals surface area contributed by atoms with Gasteiger partial charge < -0.3 is 0 Å². The Kier molecular flexibility index (Phi) is 3.08. The Balaban J connectivity index is 2.73. The molecule has 0 saturated carbocycles. The van der Waals surface area contributed by atoms with Crippen LogP contribution in [0.2, 0.25) is 0 Å². The molecule has 0 fully saturated rings. The molecule has 0 aromatic carbocycles. The van der Waals surface area contributed by atoms with Gasteiger partial charge in [0.15, 0.2) is 0 Å². The number of hydrazone groups is 1. The predicted molar refractivity (Wildman–Crippen MR) is 48.1 cm³/mol. The molecule has 13 heavy (non-hydrogen) atoms. The second kappa shape index (κ2) is 4.30. The minimum Gasteiger partial charge on any atom is -0.274 e. The number of aromatic nitrogens is 2. The fourth-order valence-corrected chi connectivity index (χ4v) is 0.713. The van der Waals surface area contributed by atoms with Crippen molar-refractivity contribution < 1.29 is 4.79 Å². The van der Waals surface area contributed by atoms with Gasteiger partial charge in [0, 0.05) is 24.9 Å². The summed E-state index contributed by atoms with van der Waals surface area (Å²) in [4.78, 5) is 18.2. The molecule has 5 heteroatoms. The van der Waals surface area contributed by atoms with Crippen LogP contribution in [0.3, 0.4) is 0 Å². The highest BCUT2D eigenvalue weighted by atomic mass is 16.2. The van der Waals surface area contributed by atoms with E-state index in [1.165, 1.54) is 13.3 Å². The Labute approximate surface area is 75.9 Å². The van der Waals surface area contributed by atoms with Gasteiger partial charge in [0.1, 0.15) is 6.33 Å². The molecule has 0 radical (unpaired) electrons. The highest BCUT2D eigenvalue weighted by molar-refractivity contribution is 5.98. The topological polar surface area (TPSA) is 67.2 Å². The zero-order valence-corrected chi connectivity index (χ0v) is 7.48. The van der Waals surface area contributed by atoms with Crippen molar-refractivity contribution >= 4 is 11.6 Å². The Morgan fingerprint density at radius 3 is 2.54 bits per heavy atom. The smallest absolute Gasteiger partial charge is 0.236 e. The second-order valence-electron chi connectivity index (χ2n) is 2.49. The first-order valence-corrected chi connectivity index (χ1v) is 3.76. The average Bonchev–Trinajstić information content (AvgIpc) is 2.15. The Hall–Kier alpha value is -1.78. The predicted octanol–water partition coefficient (Wildman–Crippen LogP) is 0.337. The summed E-state index contributed by atoms with van der Waals surface area (Å²) in [6, 6.07) is 0. The number of nitrogens with one attached hydrogen (secondary N) is 1. The van der Waals surface area contributed by atoms with Crippen LogP contribution in [0.25, 0.3) is 0 Å². The quantitative estimate of drug-likeness (QED) is 0.524. The highest BCUT2D eigenvalue weighted by Crippen LogP contribution is 1.94. The van der Waals surface area contributed by atoms with Crippen LogP contribution in [-0.4, -0.2) is 21.6 Å². The average molecular weight is 178 g/mol. The molecule has 1 heterocycles. The maximum Gasteiger partial charge on any atom is 0.236 e. The SMILES string of the molecule is CC(=O)N/N=C(\C)c1cncnc1. The summed E-state index contributed by atoms with van der Waals surface area (Å²) < 4.78 is 0. The van der Waals surface area contributed by atoms with Crippen LogP contribution in [0, 0.1) is 0 Å². The van der Waals surface area contributed by atoms with Crippen LogP contribution in [-0.2, 0) is 4.79 Å². The van der Waals surface area contributed by atoms with Gasteiger partial charge in [-0.2, -0.15) is 5.10 Å². The Morgan fingerprint density at radius 1 is 1.38 bits per heavy atom. The van der Waals surface area contributed by atoms with Crippen molar-refractivity contribution in [3.63, 3.8) is 0 Å². The molecule has 0 spiro atoms. The van der Waals surface area contributed by atoms with Crippen LogP contribution in [0.5, 0.6) is 0 Å². The molecule has 0 saturated heterocycles. The standard InChI is InChI=1S/C8H10N4O/c1-6(11-12-7(2)13)8-3-9-5-10-4-8/h3-5H,1-2H3,(H,12,13)/b11-6+. The lowest BCUT2D eigenvalue weighted by Crippen LogP contribution is -2.15. The largest absolute Gasteiger partial charge is 0.274 e. The molecule has 1 rings (SSSR count). The molecule has 0 bridgehead atoms. The summed E-state index contributed by atoms with van der Waals surface area (Å²) in [5.41, 5.74) is 3.80. The first kappa shape index (κ1) is 9.31. The number of rotatable bonds is 2. The highest BCUT2D eigenvalue weighted by Gasteiger charge is 1.96. The van der Waals surface area contributed by atoms with E-state index >= 15 is 0 Å². The van der Waals surface area contributed by atoms with E-state index in [0.717, 1.165) is 5.56 Å². The molecule has 0 aliphatic carbocycles. The van der Waals surface area contributed by atoms with Gasteiger partial charge in [-0.05, 0) is 6.92 Å². The number of carbonyl (C=O) groups excluding carboxylic acids is 1. The van der Waals surface area contributed by atoms with Crippen LogP contribution < -0.4 is 5.43 Å². The third-order valence-corrected chi connectivity index (χ3v) is 1.36. The summed E-state index contributed by atoms with van der Waals surface area (Å²) in [7, 11) is 0. The lowest BCUT2D eigenvalue weighted by atomic mass is 10.2. The van der Waals surface area contributed by atoms with E-state index in [0.29, 0.717) is 5.71 Å². The zero-order chi connectivity index (χ0) is 9.68. The van der Waals surface area contributed by atoms with E-state index in [-0.39, 0.29) is 5.91 Å². The minimum atomic E-state index is -0.198. The normalized spacial score (nSPS) is 11.1. The molecule has 5 nitrogen and oxygen atoms in total. The van der Waals surface area contributed by atoms with Crippen molar-refractivity contribution in [2.24, 2.45) is 5.10 Å². The summed E-state index contributed by atoms with van der Waals surface area (Å²) >= 11 is 0. The van der Waals surface area contributed by atoms with Crippen molar-refractivity contribution in [1.29, 1.82) is 0 Å². The third kappa shape index (κ3) is 2.98. The van der Waals surface area contributed by atoms with Gasteiger partial charge in [-0.1, -0.05) is 0 Å². The van der Waals surface area contributed by atoms with Crippen molar-refractivity contribution in [1.82, 2.24) is 15.4 Å². The summed E-state index contributed by atoms with van der Waals surface area (Å²) in [5.74, 6) is -0.198. The van der Waals surface area contributed by atoms with Gasteiger partial charge >= 0.3 is 0 Å². The van der Waals surface area contributed by atoms with Gasteiger partial charge in [-0.25, -0.2) is 15.4 Å². The Morgan fingerprint density at radius 2 is 2.00 bits per heavy atom. The van der Waals surface area contributed by atoms with Crippen molar-refractivity contribution in [2.75, 3.05) is 0 Å². The Bertz CT molecular complexity index is 320. The van der Waals surface area contributed by atoms with Crippen LogP contribution in [0.15, 0.2) is 23.8 Å². The molecular weight excluding hydrogens is 168 g/mol. The van der Waals surface area contributed by atoms with Crippen molar-refractivity contribution in [3.8, 4) is 0 Å². The van der Waals surface area contributed by atoms with Crippen LogP contribution >= 0.6 is 0 Å². The number of carbonyl (C=O) groups is 1. The van der Waals surface area contributed by atoms with Crippen LogP contribution in [0.1, 0.15) is 19.4 Å². The van der Waals surface area contributed by atoms with Gasteiger partial charge in [0.05, 0.1) is 5.71 Å². The minimum absolute atomic E-state index is 0.198. The van der Waals surface area contributed by atoms with E-state index in [9.17, 15) is 4.79 Å². The fraction of sp³-hybridized carbons (Fsp3) is 0.250. The molecular formula is C8H10N4O. The van der Waals surface area contributed by atoms with E-state index in [2.05, 4.69) is 20.5 Å². The lowest BCUT2D eigenvalue weighted by molar-refractivity contribution is -0.118. The maximum absolute atomic E-state index is 10.5. The molecule has 0 aliphatic heterocycles. The van der Waals surface area contributed by atoms with Gasteiger partial charge in [-0.3, -0.25) is 4.79 Å². The fourth-order valence-electron chi connectivity index (χ4n) is 0.713. The van der Waals surface area contributed by atoms with E-state index in [1.807, 2.05) is 0 Å². The van der Waals surface area contributed by atoms with Crippen molar-refractivity contribution in [2.45, 2.75) is 13.8 Å². The molecule has 1 N–H and O–H groups in total. The third-order valence-electron chi connectivity index (χ3n) is 1.36. The summed E-state index contributed by atoms with van der Waals surface area (Å²) in [5, 5.41) is 3.83.